The van der Waals surface area contributed by atoms with Gasteiger partial charge in [0.25, 0.3) is 0 Å². The summed E-state index contributed by atoms with van der Waals surface area (Å²) in [7, 11) is 0. The highest BCUT2D eigenvalue weighted by atomic mass is 79.9. The lowest BCUT2D eigenvalue weighted by atomic mass is 10.1. The Balaban J connectivity index is 1.85. The molecule has 0 amide bonds. The second kappa shape index (κ2) is 5.89. The minimum absolute atomic E-state index is 0.0603. The number of carbonyl (C=O) groups excluding carboxylic acids is 1. The maximum absolute atomic E-state index is 12.7. The van der Waals surface area contributed by atoms with Gasteiger partial charge in [0, 0.05) is 6.54 Å². The molecule has 1 aromatic carbocycles. The third kappa shape index (κ3) is 2.68. The van der Waals surface area contributed by atoms with Crippen molar-refractivity contribution in [2.24, 2.45) is 0 Å². The molecular weight excluding hydrogens is 334 g/mol. The van der Waals surface area contributed by atoms with Gasteiger partial charge in [-0.15, -0.1) is 0 Å². The van der Waals surface area contributed by atoms with Gasteiger partial charge in [0.2, 0.25) is 5.78 Å². The van der Waals surface area contributed by atoms with Gasteiger partial charge in [-0.3, -0.25) is 9.48 Å². The molecule has 1 unspecified atom stereocenters. The molecule has 5 nitrogen and oxygen atoms in total. The monoisotopic (exact) mass is 349 g/mol. The van der Waals surface area contributed by atoms with Crippen molar-refractivity contribution in [2.75, 3.05) is 11.9 Å². The lowest BCUT2D eigenvalue weighted by Crippen LogP contribution is -2.38. The fourth-order valence-corrected chi connectivity index (χ4v) is 2.89. The molecular formula is C15H16BrN3O2. The molecule has 21 heavy (non-hydrogen) atoms. The quantitative estimate of drug-likeness (QED) is 0.861. The van der Waals surface area contributed by atoms with Crippen molar-refractivity contribution in [3.05, 3.63) is 40.6 Å². The van der Waals surface area contributed by atoms with E-state index >= 15 is 0 Å². The highest BCUT2D eigenvalue weighted by molar-refractivity contribution is 9.10. The Bertz CT molecular complexity index is 669. The summed E-state index contributed by atoms with van der Waals surface area (Å²) in [6.45, 7) is 3.22. The number of ketones is 1. The van der Waals surface area contributed by atoms with Crippen LogP contribution in [0.4, 0.5) is 5.69 Å². The number of Topliss-reactive ketones (excluding diaryl/α,β-unsaturated/α-hetero) is 1. The fourth-order valence-electron chi connectivity index (χ4n) is 2.40. The zero-order valence-corrected chi connectivity index (χ0v) is 13.3. The van der Waals surface area contributed by atoms with Crippen molar-refractivity contribution >= 4 is 27.4 Å². The largest absolute Gasteiger partial charge is 0.478 e. The SMILES string of the molecule is CCCn1ncc(Br)c1C(=O)C1CNc2ccccc2O1. The van der Waals surface area contributed by atoms with Crippen LogP contribution in [0.1, 0.15) is 23.8 Å². The molecule has 1 N–H and O–H groups in total. The van der Waals surface area contributed by atoms with Crippen LogP contribution in [-0.4, -0.2) is 28.2 Å². The molecule has 1 aromatic heterocycles. The topological polar surface area (TPSA) is 56.2 Å². The van der Waals surface area contributed by atoms with Gasteiger partial charge < -0.3 is 10.1 Å². The van der Waals surface area contributed by atoms with Crippen LogP contribution < -0.4 is 10.1 Å². The number of ether oxygens (including phenoxy) is 1. The molecule has 0 aliphatic carbocycles. The normalized spacial score (nSPS) is 16.8. The second-order valence-electron chi connectivity index (χ2n) is 4.91. The third-order valence-electron chi connectivity index (χ3n) is 3.39. The molecule has 0 radical (unpaired) electrons. The van der Waals surface area contributed by atoms with Crippen LogP contribution in [-0.2, 0) is 6.54 Å². The smallest absolute Gasteiger partial charge is 0.224 e. The number of hydrogen-bond donors (Lipinski definition) is 1. The second-order valence-corrected chi connectivity index (χ2v) is 5.77. The van der Waals surface area contributed by atoms with Crippen LogP contribution in [0.3, 0.4) is 0 Å². The first kappa shape index (κ1) is 14.1. The highest BCUT2D eigenvalue weighted by Gasteiger charge is 2.30. The van der Waals surface area contributed by atoms with E-state index in [1.165, 1.54) is 0 Å². The van der Waals surface area contributed by atoms with Gasteiger partial charge in [-0.1, -0.05) is 19.1 Å². The van der Waals surface area contributed by atoms with E-state index in [2.05, 4.69) is 33.3 Å². The zero-order chi connectivity index (χ0) is 14.8. The predicted molar refractivity (Wildman–Crippen MR) is 83.9 cm³/mol. The summed E-state index contributed by atoms with van der Waals surface area (Å²) in [6.07, 6.45) is 2.04. The fraction of sp³-hybridized carbons (Fsp3) is 0.333. The maximum atomic E-state index is 12.7. The summed E-state index contributed by atoms with van der Waals surface area (Å²) in [5.41, 5.74) is 1.49. The van der Waals surface area contributed by atoms with Crippen LogP contribution in [0.2, 0.25) is 0 Å². The number of para-hydroxylation sites is 2. The number of nitrogens with zero attached hydrogens (tertiary/aromatic N) is 2. The summed E-state index contributed by atoms with van der Waals surface area (Å²) < 4.78 is 8.28. The average Bonchev–Trinajstić information content (AvgIpc) is 2.87. The van der Waals surface area contributed by atoms with Gasteiger partial charge >= 0.3 is 0 Å². The molecule has 110 valence electrons. The summed E-state index contributed by atoms with van der Waals surface area (Å²) >= 11 is 3.41. The van der Waals surface area contributed by atoms with Gasteiger partial charge in [-0.05, 0) is 34.5 Å². The Morgan fingerprint density at radius 3 is 3.14 bits per heavy atom. The molecule has 2 aromatic rings. The number of rotatable bonds is 4. The molecule has 0 saturated heterocycles. The molecule has 2 heterocycles. The number of aryl methyl sites for hydroxylation is 1. The molecule has 3 rings (SSSR count). The minimum Gasteiger partial charge on any atom is -0.478 e. The number of nitrogens with one attached hydrogen (secondary N) is 1. The van der Waals surface area contributed by atoms with E-state index in [9.17, 15) is 4.79 Å². The van der Waals surface area contributed by atoms with Crippen molar-refractivity contribution < 1.29 is 9.53 Å². The molecule has 1 aliphatic heterocycles. The van der Waals surface area contributed by atoms with Crippen LogP contribution >= 0.6 is 15.9 Å². The van der Waals surface area contributed by atoms with E-state index in [0.717, 1.165) is 12.1 Å². The standard InChI is InChI=1S/C15H16BrN3O2/c1-2-7-19-14(10(16)8-18-19)15(20)13-9-17-11-5-3-4-6-12(11)21-13/h3-6,8,13,17H,2,7,9H2,1H3. The average molecular weight is 350 g/mol. The lowest BCUT2D eigenvalue weighted by molar-refractivity contribution is 0.0789. The first-order chi connectivity index (χ1) is 10.2. The Kier molecular flexibility index (Phi) is 3.96. The van der Waals surface area contributed by atoms with Gasteiger partial charge in [-0.25, -0.2) is 0 Å². The van der Waals surface area contributed by atoms with Crippen molar-refractivity contribution in [3.63, 3.8) is 0 Å². The van der Waals surface area contributed by atoms with E-state index in [-0.39, 0.29) is 5.78 Å². The van der Waals surface area contributed by atoms with E-state index in [1.807, 2.05) is 24.3 Å². The first-order valence-electron chi connectivity index (χ1n) is 6.95. The summed E-state index contributed by atoms with van der Waals surface area (Å²) in [4.78, 5) is 12.7. The molecule has 0 saturated carbocycles. The number of halogens is 1. The number of hydrogen-bond acceptors (Lipinski definition) is 4. The van der Waals surface area contributed by atoms with Gasteiger partial charge in [0.15, 0.2) is 6.10 Å². The summed E-state index contributed by atoms with van der Waals surface area (Å²) in [5.74, 6) is 0.648. The van der Waals surface area contributed by atoms with E-state index in [1.54, 1.807) is 10.9 Å². The van der Waals surface area contributed by atoms with Crippen LogP contribution in [0.25, 0.3) is 0 Å². The van der Waals surface area contributed by atoms with Crippen molar-refractivity contribution in [1.82, 2.24) is 9.78 Å². The molecule has 1 aliphatic rings. The molecule has 0 bridgehead atoms. The molecule has 1 atom stereocenters. The number of aromatic nitrogens is 2. The van der Waals surface area contributed by atoms with E-state index in [4.69, 9.17) is 4.74 Å². The van der Waals surface area contributed by atoms with Gasteiger partial charge in [0.05, 0.1) is 22.9 Å². The predicted octanol–water partition coefficient (Wildman–Crippen LogP) is 3.11. The van der Waals surface area contributed by atoms with Crippen molar-refractivity contribution in [2.45, 2.75) is 26.0 Å². The minimum atomic E-state index is -0.538. The van der Waals surface area contributed by atoms with Gasteiger partial charge in [0.1, 0.15) is 11.4 Å². The number of carbonyl (C=O) groups is 1. The van der Waals surface area contributed by atoms with Gasteiger partial charge in [-0.2, -0.15) is 5.10 Å². The first-order valence-corrected chi connectivity index (χ1v) is 7.75. The Hall–Kier alpha value is -1.82. The number of fused-ring (bicyclic) bond motifs is 1. The van der Waals surface area contributed by atoms with Crippen LogP contribution in [0, 0.1) is 0 Å². The molecule has 0 spiro atoms. The third-order valence-corrected chi connectivity index (χ3v) is 3.97. The van der Waals surface area contributed by atoms with Crippen LogP contribution in [0.15, 0.2) is 34.9 Å². The van der Waals surface area contributed by atoms with E-state index < -0.39 is 6.10 Å². The zero-order valence-electron chi connectivity index (χ0n) is 11.7. The number of benzene rings is 1. The van der Waals surface area contributed by atoms with E-state index in [0.29, 0.717) is 29.0 Å². The lowest BCUT2D eigenvalue weighted by Gasteiger charge is -2.26. The number of anilines is 1. The Morgan fingerprint density at radius 2 is 2.33 bits per heavy atom. The summed E-state index contributed by atoms with van der Waals surface area (Å²) in [6, 6.07) is 7.63. The maximum Gasteiger partial charge on any atom is 0.224 e. The molecule has 6 heteroatoms. The summed E-state index contributed by atoms with van der Waals surface area (Å²) in [5, 5.41) is 7.47. The Labute approximate surface area is 131 Å². The highest BCUT2D eigenvalue weighted by Crippen LogP contribution is 2.30. The van der Waals surface area contributed by atoms with Crippen molar-refractivity contribution in [3.8, 4) is 5.75 Å². The van der Waals surface area contributed by atoms with Crippen molar-refractivity contribution in [1.29, 1.82) is 0 Å². The van der Waals surface area contributed by atoms with Crippen LogP contribution in [0.5, 0.6) is 5.75 Å². The Morgan fingerprint density at radius 1 is 1.52 bits per heavy atom. The molecule has 0 fully saturated rings.